The quantitative estimate of drug-likeness (QED) is 0.778. The van der Waals surface area contributed by atoms with Gasteiger partial charge in [0.25, 0.3) is 0 Å². The van der Waals surface area contributed by atoms with E-state index in [1.54, 1.807) is 23.2 Å². The van der Waals surface area contributed by atoms with E-state index >= 15 is 0 Å². The van der Waals surface area contributed by atoms with Crippen molar-refractivity contribution >= 4 is 17.4 Å². The molecule has 5 nitrogen and oxygen atoms in total. The summed E-state index contributed by atoms with van der Waals surface area (Å²) in [6, 6.07) is 3.50. The smallest absolute Gasteiger partial charge is 0.241 e. The number of hydrogen-bond donors (Lipinski definition) is 2. The second kappa shape index (κ2) is 5.95. The summed E-state index contributed by atoms with van der Waals surface area (Å²) < 4.78 is 0. The number of nitrogens with two attached hydrogens (primary N) is 1. The molecule has 0 aliphatic heterocycles. The van der Waals surface area contributed by atoms with Crippen LogP contribution in [0.2, 0.25) is 0 Å². The van der Waals surface area contributed by atoms with E-state index in [0.717, 1.165) is 13.1 Å². The summed E-state index contributed by atoms with van der Waals surface area (Å²) in [6.45, 7) is 5.64. The Labute approximate surface area is 95.7 Å². The van der Waals surface area contributed by atoms with Crippen molar-refractivity contribution in [2.75, 3.05) is 30.7 Å². The Morgan fingerprint density at radius 3 is 2.62 bits per heavy atom. The molecule has 0 saturated heterocycles. The highest BCUT2D eigenvalue weighted by Crippen LogP contribution is 2.05. The summed E-state index contributed by atoms with van der Waals surface area (Å²) in [4.78, 5) is 17.5. The molecule has 1 aromatic heterocycles. The van der Waals surface area contributed by atoms with Gasteiger partial charge < -0.3 is 16.0 Å². The predicted octanol–water partition coefficient (Wildman–Crippen LogP) is 0.944. The molecule has 0 atom stereocenters. The van der Waals surface area contributed by atoms with E-state index in [4.69, 9.17) is 5.73 Å². The SMILES string of the molecule is CCN(CC)C(=O)CNc1ccc(N)cn1. The maximum absolute atomic E-state index is 11.7. The molecule has 3 N–H and O–H groups in total. The lowest BCUT2D eigenvalue weighted by atomic mass is 10.4. The number of rotatable bonds is 5. The Bertz CT molecular complexity index is 332. The zero-order chi connectivity index (χ0) is 12.0. The van der Waals surface area contributed by atoms with Crippen molar-refractivity contribution in [3.8, 4) is 0 Å². The first kappa shape index (κ1) is 12.3. The second-order valence-corrected chi connectivity index (χ2v) is 3.40. The van der Waals surface area contributed by atoms with Crippen LogP contribution < -0.4 is 11.1 Å². The molecule has 1 aromatic rings. The van der Waals surface area contributed by atoms with E-state index in [1.807, 2.05) is 13.8 Å². The van der Waals surface area contributed by atoms with Crippen molar-refractivity contribution in [1.82, 2.24) is 9.88 Å². The van der Waals surface area contributed by atoms with Crippen LogP contribution in [0.5, 0.6) is 0 Å². The summed E-state index contributed by atoms with van der Waals surface area (Å²) in [5.41, 5.74) is 6.12. The van der Waals surface area contributed by atoms with Crippen LogP contribution in [0.25, 0.3) is 0 Å². The first-order valence-corrected chi connectivity index (χ1v) is 5.40. The highest BCUT2D eigenvalue weighted by molar-refractivity contribution is 5.80. The molecule has 0 bridgehead atoms. The fourth-order valence-corrected chi connectivity index (χ4v) is 1.36. The number of amides is 1. The van der Waals surface area contributed by atoms with Crippen molar-refractivity contribution in [2.45, 2.75) is 13.8 Å². The fraction of sp³-hybridized carbons (Fsp3) is 0.455. The van der Waals surface area contributed by atoms with Crippen LogP contribution in [0, 0.1) is 0 Å². The molecule has 0 unspecified atom stereocenters. The molecule has 1 rings (SSSR count). The zero-order valence-electron chi connectivity index (χ0n) is 9.73. The van der Waals surface area contributed by atoms with Crippen molar-refractivity contribution in [1.29, 1.82) is 0 Å². The van der Waals surface area contributed by atoms with Crippen molar-refractivity contribution < 1.29 is 4.79 Å². The Balaban J connectivity index is 2.45. The topological polar surface area (TPSA) is 71.2 Å². The van der Waals surface area contributed by atoms with E-state index < -0.39 is 0 Å². The Kier molecular flexibility index (Phi) is 4.57. The lowest BCUT2D eigenvalue weighted by Crippen LogP contribution is -2.35. The third-order valence-electron chi connectivity index (χ3n) is 2.32. The molecule has 1 heterocycles. The average molecular weight is 222 g/mol. The van der Waals surface area contributed by atoms with E-state index in [-0.39, 0.29) is 12.5 Å². The Morgan fingerprint density at radius 1 is 1.44 bits per heavy atom. The highest BCUT2D eigenvalue weighted by atomic mass is 16.2. The summed E-state index contributed by atoms with van der Waals surface area (Å²) in [5.74, 6) is 0.735. The van der Waals surface area contributed by atoms with Crippen LogP contribution in [-0.2, 0) is 4.79 Å². The zero-order valence-corrected chi connectivity index (χ0v) is 9.73. The van der Waals surface area contributed by atoms with Crippen LogP contribution in [0.1, 0.15) is 13.8 Å². The van der Waals surface area contributed by atoms with Crippen LogP contribution in [0.3, 0.4) is 0 Å². The minimum absolute atomic E-state index is 0.0728. The molecule has 0 fully saturated rings. The normalized spacial score (nSPS) is 9.88. The van der Waals surface area contributed by atoms with E-state index in [2.05, 4.69) is 10.3 Å². The van der Waals surface area contributed by atoms with Gasteiger partial charge in [0.1, 0.15) is 5.82 Å². The van der Waals surface area contributed by atoms with Gasteiger partial charge in [-0.3, -0.25) is 4.79 Å². The lowest BCUT2D eigenvalue weighted by Gasteiger charge is -2.18. The van der Waals surface area contributed by atoms with Gasteiger partial charge in [0, 0.05) is 13.1 Å². The number of hydrogen-bond acceptors (Lipinski definition) is 4. The van der Waals surface area contributed by atoms with Gasteiger partial charge in [-0.1, -0.05) is 0 Å². The van der Waals surface area contributed by atoms with Crippen molar-refractivity contribution in [2.24, 2.45) is 0 Å². The molecule has 5 heteroatoms. The number of nitrogens with zero attached hydrogens (tertiary/aromatic N) is 2. The average Bonchev–Trinajstić information content (AvgIpc) is 2.30. The minimum Gasteiger partial charge on any atom is -0.397 e. The van der Waals surface area contributed by atoms with Gasteiger partial charge in [-0.05, 0) is 26.0 Å². The number of nitrogen functional groups attached to an aromatic ring is 1. The molecule has 16 heavy (non-hydrogen) atoms. The van der Waals surface area contributed by atoms with E-state index in [9.17, 15) is 4.79 Å². The van der Waals surface area contributed by atoms with Crippen LogP contribution in [0.4, 0.5) is 11.5 Å². The van der Waals surface area contributed by atoms with Crippen LogP contribution in [-0.4, -0.2) is 35.4 Å². The molecule has 88 valence electrons. The van der Waals surface area contributed by atoms with Gasteiger partial charge in [-0.25, -0.2) is 4.98 Å². The van der Waals surface area contributed by atoms with Crippen molar-refractivity contribution in [3.63, 3.8) is 0 Å². The first-order valence-electron chi connectivity index (χ1n) is 5.40. The Morgan fingerprint density at radius 2 is 2.12 bits per heavy atom. The molecule has 0 aromatic carbocycles. The fourth-order valence-electron chi connectivity index (χ4n) is 1.36. The molecule has 0 spiro atoms. The monoisotopic (exact) mass is 222 g/mol. The Hall–Kier alpha value is -1.78. The van der Waals surface area contributed by atoms with Gasteiger partial charge in [-0.2, -0.15) is 0 Å². The summed E-state index contributed by atoms with van der Waals surface area (Å²) in [6.07, 6.45) is 1.56. The second-order valence-electron chi connectivity index (χ2n) is 3.40. The van der Waals surface area contributed by atoms with Gasteiger partial charge >= 0.3 is 0 Å². The maximum Gasteiger partial charge on any atom is 0.241 e. The third-order valence-corrected chi connectivity index (χ3v) is 2.32. The molecular weight excluding hydrogens is 204 g/mol. The van der Waals surface area contributed by atoms with E-state index in [1.165, 1.54) is 0 Å². The molecule has 0 aliphatic rings. The maximum atomic E-state index is 11.7. The summed E-state index contributed by atoms with van der Waals surface area (Å²) in [7, 11) is 0. The summed E-state index contributed by atoms with van der Waals surface area (Å²) >= 11 is 0. The highest BCUT2D eigenvalue weighted by Gasteiger charge is 2.08. The number of anilines is 2. The summed E-state index contributed by atoms with van der Waals surface area (Å²) in [5, 5.41) is 2.96. The first-order chi connectivity index (χ1) is 7.67. The standard InChI is InChI=1S/C11H18N4O/c1-3-15(4-2)11(16)8-14-10-6-5-9(12)7-13-10/h5-7H,3-4,8,12H2,1-2H3,(H,13,14). The number of carbonyl (C=O) groups is 1. The third kappa shape index (κ3) is 3.42. The van der Waals surface area contributed by atoms with Gasteiger partial charge in [0.05, 0.1) is 18.4 Å². The molecule has 0 saturated carbocycles. The van der Waals surface area contributed by atoms with Gasteiger partial charge in [-0.15, -0.1) is 0 Å². The minimum atomic E-state index is 0.0728. The van der Waals surface area contributed by atoms with Crippen LogP contribution >= 0.6 is 0 Å². The molecule has 0 radical (unpaired) electrons. The molecule has 1 amide bonds. The van der Waals surface area contributed by atoms with Gasteiger partial charge in [0.2, 0.25) is 5.91 Å². The van der Waals surface area contributed by atoms with Crippen molar-refractivity contribution in [3.05, 3.63) is 18.3 Å². The number of nitrogens with one attached hydrogen (secondary N) is 1. The number of carbonyl (C=O) groups excluding carboxylic acids is 1. The lowest BCUT2D eigenvalue weighted by molar-refractivity contribution is -0.128. The molecule has 0 aliphatic carbocycles. The number of likely N-dealkylation sites (N-methyl/N-ethyl adjacent to an activating group) is 1. The number of pyridine rings is 1. The van der Waals surface area contributed by atoms with Crippen LogP contribution in [0.15, 0.2) is 18.3 Å². The number of aromatic nitrogens is 1. The van der Waals surface area contributed by atoms with E-state index in [0.29, 0.717) is 11.5 Å². The van der Waals surface area contributed by atoms with Gasteiger partial charge in [0.15, 0.2) is 0 Å². The molecular formula is C11H18N4O. The largest absolute Gasteiger partial charge is 0.397 e. The predicted molar refractivity (Wildman–Crippen MR) is 65.1 cm³/mol.